The lowest BCUT2D eigenvalue weighted by molar-refractivity contribution is -0.119. The van der Waals surface area contributed by atoms with Crippen LogP contribution in [0.2, 0.25) is 0 Å². The van der Waals surface area contributed by atoms with Gasteiger partial charge in [-0.25, -0.2) is 14.8 Å². The first-order valence-electron chi connectivity index (χ1n) is 11.3. The molecule has 3 aromatic rings. The quantitative estimate of drug-likeness (QED) is 0.618. The summed E-state index contributed by atoms with van der Waals surface area (Å²) in [6, 6.07) is 7.50. The van der Waals surface area contributed by atoms with Crippen LogP contribution in [0.3, 0.4) is 0 Å². The number of rotatable bonds is 5. The molecule has 3 amide bonds. The standard InChI is InChI=1S/C24H27N7O3/c1-29-13-16-12-26-19-5-4-18(15-3-6-21(34-2)27-11-15)28-22(19)23(16)31(24(29)33)17-7-9-30(10-8-17)14-20(25)32/h3-6,11-12,17H,7-10,13-14H2,1-2H3,(H2,25,32). The van der Waals surface area contributed by atoms with Gasteiger partial charge in [-0.1, -0.05) is 0 Å². The summed E-state index contributed by atoms with van der Waals surface area (Å²) >= 11 is 0. The second-order valence-corrected chi connectivity index (χ2v) is 8.77. The number of nitrogens with zero attached hydrogens (tertiary/aromatic N) is 6. The summed E-state index contributed by atoms with van der Waals surface area (Å²) < 4.78 is 5.16. The van der Waals surface area contributed by atoms with Crippen molar-refractivity contribution in [2.24, 2.45) is 5.73 Å². The fourth-order valence-electron chi connectivity index (χ4n) is 4.79. The van der Waals surface area contributed by atoms with Crippen LogP contribution >= 0.6 is 0 Å². The maximum absolute atomic E-state index is 13.4. The van der Waals surface area contributed by atoms with Crippen LogP contribution in [0.4, 0.5) is 10.5 Å². The highest BCUT2D eigenvalue weighted by atomic mass is 16.5. The van der Waals surface area contributed by atoms with Crippen LogP contribution in [0.1, 0.15) is 18.4 Å². The molecule has 2 N–H and O–H groups in total. The molecule has 2 aliphatic rings. The van der Waals surface area contributed by atoms with Crippen molar-refractivity contribution in [3.8, 4) is 17.1 Å². The van der Waals surface area contributed by atoms with Crippen molar-refractivity contribution in [3.05, 3.63) is 42.2 Å². The zero-order valence-electron chi connectivity index (χ0n) is 19.3. The highest BCUT2D eigenvalue weighted by Crippen LogP contribution is 2.37. The van der Waals surface area contributed by atoms with E-state index in [0.717, 1.165) is 40.9 Å². The molecule has 0 bridgehead atoms. The molecule has 0 radical (unpaired) electrons. The van der Waals surface area contributed by atoms with Gasteiger partial charge in [0.15, 0.2) is 0 Å². The van der Waals surface area contributed by atoms with Gasteiger partial charge in [0.25, 0.3) is 0 Å². The molecule has 5 heterocycles. The number of primary amides is 1. The van der Waals surface area contributed by atoms with Gasteiger partial charge in [0.2, 0.25) is 11.8 Å². The van der Waals surface area contributed by atoms with Gasteiger partial charge in [0.1, 0.15) is 5.52 Å². The molecule has 34 heavy (non-hydrogen) atoms. The number of carbonyl (C=O) groups is 2. The summed E-state index contributed by atoms with van der Waals surface area (Å²) in [5.74, 6) is 0.200. The zero-order valence-corrected chi connectivity index (χ0v) is 19.3. The number of urea groups is 1. The van der Waals surface area contributed by atoms with Crippen LogP contribution in [0.15, 0.2) is 36.7 Å². The van der Waals surface area contributed by atoms with E-state index in [2.05, 4.69) is 9.97 Å². The van der Waals surface area contributed by atoms with Crippen LogP contribution in [0.25, 0.3) is 22.3 Å². The predicted octanol–water partition coefficient (Wildman–Crippen LogP) is 2.02. The number of amides is 3. The van der Waals surface area contributed by atoms with Gasteiger partial charge in [-0.15, -0.1) is 0 Å². The lowest BCUT2D eigenvalue weighted by Crippen LogP contribution is -2.54. The van der Waals surface area contributed by atoms with Crippen LogP contribution in [-0.2, 0) is 11.3 Å². The molecule has 10 nitrogen and oxygen atoms in total. The van der Waals surface area contributed by atoms with Gasteiger partial charge in [-0.05, 0) is 31.0 Å². The summed E-state index contributed by atoms with van der Waals surface area (Å²) in [7, 11) is 3.38. The molecule has 10 heteroatoms. The number of hydrogen-bond donors (Lipinski definition) is 1. The second kappa shape index (κ2) is 8.86. The topological polar surface area (TPSA) is 118 Å². The number of ether oxygens (including phenoxy) is 1. The number of carbonyl (C=O) groups excluding carboxylic acids is 2. The summed E-state index contributed by atoms with van der Waals surface area (Å²) in [5.41, 5.74) is 10.2. The van der Waals surface area contributed by atoms with E-state index in [1.54, 1.807) is 31.3 Å². The fraction of sp³-hybridized carbons (Fsp3) is 0.375. The summed E-state index contributed by atoms with van der Waals surface area (Å²) in [4.78, 5) is 44.2. The van der Waals surface area contributed by atoms with Crippen molar-refractivity contribution in [3.63, 3.8) is 0 Å². The number of nitrogens with two attached hydrogens (primary N) is 1. The second-order valence-electron chi connectivity index (χ2n) is 8.77. The third kappa shape index (κ3) is 4.01. The third-order valence-corrected chi connectivity index (χ3v) is 6.49. The molecule has 1 fully saturated rings. The Balaban J connectivity index is 1.55. The van der Waals surface area contributed by atoms with E-state index < -0.39 is 0 Å². The first-order chi connectivity index (χ1) is 16.4. The van der Waals surface area contributed by atoms with Crippen molar-refractivity contribution in [1.82, 2.24) is 24.8 Å². The minimum atomic E-state index is -0.334. The van der Waals surface area contributed by atoms with Crippen LogP contribution < -0.4 is 15.4 Å². The largest absolute Gasteiger partial charge is 0.481 e. The van der Waals surface area contributed by atoms with Crippen molar-refractivity contribution in [2.75, 3.05) is 38.7 Å². The number of hydrogen-bond acceptors (Lipinski definition) is 7. The lowest BCUT2D eigenvalue weighted by atomic mass is 9.99. The number of fused-ring (bicyclic) bond motifs is 3. The first-order valence-corrected chi connectivity index (χ1v) is 11.3. The van der Waals surface area contributed by atoms with Crippen molar-refractivity contribution in [1.29, 1.82) is 0 Å². The monoisotopic (exact) mass is 461 g/mol. The Morgan fingerprint density at radius 1 is 1.15 bits per heavy atom. The van der Waals surface area contributed by atoms with E-state index in [-0.39, 0.29) is 24.5 Å². The molecular formula is C24H27N7O3. The number of aromatic nitrogens is 3. The number of piperidine rings is 1. The average molecular weight is 462 g/mol. The van der Waals surface area contributed by atoms with Gasteiger partial charge in [0.05, 0.1) is 37.1 Å². The Morgan fingerprint density at radius 2 is 1.94 bits per heavy atom. The minimum Gasteiger partial charge on any atom is -0.481 e. The number of methoxy groups -OCH3 is 1. The average Bonchev–Trinajstić information content (AvgIpc) is 2.85. The Morgan fingerprint density at radius 3 is 2.62 bits per heavy atom. The molecule has 0 unspecified atom stereocenters. The number of anilines is 1. The van der Waals surface area contributed by atoms with Crippen molar-refractivity contribution >= 4 is 28.7 Å². The smallest absolute Gasteiger partial charge is 0.324 e. The van der Waals surface area contributed by atoms with E-state index in [4.69, 9.17) is 15.5 Å². The molecule has 3 aromatic heterocycles. The molecule has 0 spiro atoms. The Labute approximate surface area is 197 Å². The zero-order chi connectivity index (χ0) is 23.8. The first kappa shape index (κ1) is 22.0. The molecule has 0 atom stereocenters. The number of likely N-dealkylation sites (tertiary alicyclic amines) is 1. The SMILES string of the molecule is COc1ccc(-c2ccc3ncc4c(c3n2)N(C2CCN(CC(N)=O)CC2)C(=O)N(C)C4)cn1. The normalized spacial score (nSPS) is 17.2. The van der Waals surface area contributed by atoms with E-state index in [0.29, 0.717) is 31.0 Å². The molecule has 0 saturated carbocycles. The van der Waals surface area contributed by atoms with E-state index in [1.165, 1.54) is 0 Å². The lowest BCUT2D eigenvalue weighted by Gasteiger charge is -2.43. The summed E-state index contributed by atoms with van der Waals surface area (Å²) in [5, 5.41) is 0. The minimum absolute atomic E-state index is 0.00293. The van der Waals surface area contributed by atoms with Crippen LogP contribution in [0, 0.1) is 0 Å². The molecular weight excluding hydrogens is 434 g/mol. The Hall–Kier alpha value is -3.79. The van der Waals surface area contributed by atoms with Crippen LogP contribution in [-0.4, -0.2) is 76.5 Å². The Bertz CT molecular complexity index is 1240. The van der Waals surface area contributed by atoms with E-state index in [1.807, 2.05) is 34.2 Å². The van der Waals surface area contributed by atoms with Crippen LogP contribution in [0.5, 0.6) is 5.88 Å². The van der Waals surface area contributed by atoms with Gasteiger partial charge in [-0.3, -0.25) is 19.6 Å². The predicted molar refractivity (Wildman–Crippen MR) is 127 cm³/mol. The van der Waals surface area contributed by atoms with Gasteiger partial charge in [-0.2, -0.15) is 0 Å². The van der Waals surface area contributed by atoms with E-state index in [9.17, 15) is 9.59 Å². The molecule has 0 aromatic carbocycles. The Kier molecular flexibility index (Phi) is 5.74. The summed E-state index contributed by atoms with van der Waals surface area (Å²) in [6.45, 7) is 2.13. The molecule has 0 aliphatic carbocycles. The van der Waals surface area contributed by atoms with E-state index >= 15 is 0 Å². The van der Waals surface area contributed by atoms with Gasteiger partial charge >= 0.3 is 6.03 Å². The van der Waals surface area contributed by atoms with Gasteiger partial charge < -0.3 is 15.4 Å². The van der Waals surface area contributed by atoms with Crippen molar-refractivity contribution in [2.45, 2.75) is 25.4 Å². The molecule has 1 saturated heterocycles. The molecule has 5 rings (SSSR count). The third-order valence-electron chi connectivity index (χ3n) is 6.49. The molecule has 2 aliphatic heterocycles. The van der Waals surface area contributed by atoms with Crippen molar-refractivity contribution < 1.29 is 14.3 Å². The molecule has 176 valence electrons. The summed E-state index contributed by atoms with van der Waals surface area (Å²) in [6.07, 6.45) is 5.06. The fourth-order valence-corrected chi connectivity index (χ4v) is 4.79. The highest BCUT2D eigenvalue weighted by Gasteiger charge is 2.37. The maximum Gasteiger partial charge on any atom is 0.324 e. The van der Waals surface area contributed by atoms with Gasteiger partial charge in [0, 0.05) is 55.8 Å². The number of pyridine rings is 3. The maximum atomic E-state index is 13.4. The highest BCUT2D eigenvalue weighted by molar-refractivity contribution is 6.04.